The molecule has 1 aromatic rings. The summed E-state index contributed by atoms with van der Waals surface area (Å²) in [6.07, 6.45) is -0.314. The van der Waals surface area contributed by atoms with Gasteiger partial charge in [0, 0.05) is 17.9 Å². The molecule has 25 heavy (non-hydrogen) atoms. The van der Waals surface area contributed by atoms with Gasteiger partial charge in [-0.1, -0.05) is 11.6 Å². The minimum atomic E-state index is -0.514. The number of ether oxygens (including phenoxy) is 3. The van der Waals surface area contributed by atoms with Crippen LogP contribution in [0, 0.1) is 5.82 Å². The lowest BCUT2D eigenvalue weighted by Crippen LogP contribution is -2.70. The molecular formula is C16H16ClFN2O5. The van der Waals surface area contributed by atoms with Gasteiger partial charge in [0.15, 0.2) is 11.6 Å². The van der Waals surface area contributed by atoms with Crippen LogP contribution in [-0.2, 0) is 9.47 Å². The molecule has 0 atom stereocenters. The van der Waals surface area contributed by atoms with Gasteiger partial charge in [-0.2, -0.15) is 0 Å². The molecule has 2 amide bonds. The van der Waals surface area contributed by atoms with Gasteiger partial charge in [0.25, 0.3) is 0 Å². The summed E-state index contributed by atoms with van der Waals surface area (Å²) in [6, 6.07) is 4.23. The molecule has 2 heterocycles. The fourth-order valence-electron chi connectivity index (χ4n) is 3.15. The SMILES string of the molecule is O=C1NC2(CO1)CN(C(=O)O[C@H]1C[C@@H](Oc3ccc(Cl)cc3F)C1)C2. The Bertz CT molecular complexity index is 718. The Kier molecular flexibility index (Phi) is 3.87. The number of hydrogen-bond donors (Lipinski definition) is 1. The van der Waals surface area contributed by atoms with Gasteiger partial charge in [0.2, 0.25) is 0 Å². The molecule has 1 aliphatic carbocycles. The highest BCUT2D eigenvalue weighted by Crippen LogP contribution is 2.32. The molecule has 0 aromatic heterocycles. The third kappa shape index (κ3) is 3.18. The number of nitrogens with one attached hydrogen (secondary N) is 1. The molecule has 3 aliphatic rings. The quantitative estimate of drug-likeness (QED) is 0.883. The summed E-state index contributed by atoms with van der Waals surface area (Å²) in [5.74, 6) is -0.375. The van der Waals surface area contributed by atoms with Crippen LogP contribution in [0.25, 0.3) is 0 Å². The summed E-state index contributed by atoms with van der Waals surface area (Å²) in [5, 5.41) is 3.01. The van der Waals surface area contributed by atoms with Crippen LogP contribution < -0.4 is 10.1 Å². The number of halogens is 2. The van der Waals surface area contributed by atoms with Crippen LogP contribution in [0.4, 0.5) is 14.0 Å². The van der Waals surface area contributed by atoms with Crippen molar-refractivity contribution in [3.63, 3.8) is 0 Å². The van der Waals surface area contributed by atoms with Gasteiger partial charge in [-0.05, 0) is 18.2 Å². The lowest BCUT2D eigenvalue weighted by molar-refractivity contribution is -0.0508. The predicted molar refractivity (Wildman–Crippen MR) is 84.1 cm³/mol. The molecule has 0 bridgehead atoms. The van der Waals surface area contributed by atoms with Crippen LogP contribution in [0.1, 0.15) is 12.8 Å². The van der Waals surface area contributed by atoms with Crippen molar-refractivity contribution in [1.29, 1.82) is 0 Å². The molecule has 1 saturated carbocycles. The van der Waals surface area contributed by atoms with Gasteiger partial charge in [-0.3, -0.25) is 0 Å². The zero-order valence-electron chi connectivity index (χ0n) is 13.2. The molecule has 2 aliphatic heterocycles. The number of carbonyl (C=O) groups excluding carboxylic acids is 2. The van der Waals surface area contributed by atoms with Crippen LogP contribution in [0.5, 0.6) is 5.75 Å². The third-order valence-electron chi connectivity index (χ3n) is 4.60. The Morgan fingerprint density at radius 3 is 2.76 bits per heavy atom. The number of alkyl carbamates (subject to hydrolysis) is 1. The highest BCUT2D eigenvalue weighted by Gasteiger charge is 2.52. The Hall–Kier alpha value is -2.22. The fourth-order valence-corrected chi connectivity index (χ4v) is 3.31. The molecule has 134 valence electrons. The summed E-state index contributed by atoms with van der Waals surface area (Å²) in [5.41, 5.74) is -0.465. The molecule has 0 unspecified atom stereocenters. The normalized spacial score (nSPS) is 26.3. The summed E-state index contributed by atoms with van der Waals surface area (Å²) < 4.78 is 29.4. The first-order chi connectivity index (χ1) is 11.9. The molecule has 9 heteroatoms. The van der Waals surface area contributed by atoms with E-state index in [9.17, 15) is 14.0 Å². The Morgan fingerprint density at radius 2 is 2.12 bits per heavy atom. The second-order valence-corrected chi connectivity index (χ2v) is 7.07. The average Bonchev–Trinajstić information content (AvgIpc) is 2.88. The van der Waals surface area contributed by atoms with Crippen LogP contribution in [0.2, 0.25) is 5.02 Å². The lowest BCUT2D eigenvalue weighted by Gasteiger charge is -2.46. The van der Waals surface area contributed by atoms with E-state index in [-0.39, 0.29) is 24.6 Å². The smallest absolute Gasteiger partial charge is 0.410 e. The lowest BCUT2D eigenvalue weighted by atomic mass is 9.91. The van der Waals surface area contributed by atoms with E-state index in [1.807, 2.05) is 0 Å². The van der Waals surface area contributed by atoms with E-state index in [0.29, 0.717) is 31.0 Å². The van der Waals surface area contributed by atoms with E-state index in [0.717, 1.165) is 0 Å². The van der Waals surface area contributed by atoms with Crippen LogP contribution in [-0.4, -0.2) is 54.5 Å². The number of amides is 2. The van der Waals surface area contributed by atoms with E-state index >= 15 is 0 Å². The minimum absolute atomic E-state index is 0.140. The van der Waals surface area contributed by atoms with Gasteiger partial charge in [0.05, 0.1) is 13.1 Å². The molecule has 2 saturated heterocycles. The topological polar surface area (TPSA) is 77.1 Å². The molecule has 0 radical (unpaired) electrons. The van der Waals surface area contributed by atoms with E-state index in [4.69, 9.17) is 25.8 Å². The van der Waals surface area contributed by atoms with Crippen LogP contribution in [0.15, 0.2) is 18.2 Å². The Labute approximate surface area is 148 Å². The molecule has 7 nitrogen and oxygen atoms in total. The number of likely N-dealkylation sites (tertiary alicyclic amines) is 1. The maximum absolute atomic E-state index is 13.7. The second-order valence-electron chi connectivity index (χ2n) is 6.63. The van der Waals surface area contributed by atoms with E-state index < -0.39 is 23.5 Å². The summed E-state index contributed by atoms with van der Waals surface area (Å²) in [4.78, 5) is 24.6. The van der Waals surface area contributed by atoms with E-state index in [1.54, 1.807) is 6.07 Å². The van der Waals surface area contributed by atoms with Crippen molar-refractivity contribution in [2.45, 2.75) is 30.6 Å². The number of rotatable bonds is 3. The number of carbonyl (C=O) groups is 2. The number of benzene rings is 1. The third-order valence-corrected chi connectivity index (χ3v) is 4.83. The van der Waals surface area contributed by atoms with Gasteiger partial charge < -0.3 is 24.4 Å². The second kappa shape index (κ2) is 5.94. The van der Waals surface area contributed by atoms with E-state index in [2.05, 4.69) is 5.32 Å². The van der Waals surface area contributed by atoms with Crippen molar-refractivity contribution in [3.05, 3.63) is 29.0 Å². The van der Waals surface area contributed by atoms with Crippen molar-refractivity contribution in [3.8, 4) is 5.75 Å². The first-order valence-electron chi connectivity index (χ1n) is 7.95. The van der Waals surface area contributed by atoms with Gasteiger partial charge in [-0.15, -0.1) is 0 Å². The molecule has 1 N–H and O–H groups in total. The highest BCUT2D eigenvalue weighted by atomic mass is 35.5. The summed E-state index contributed by atoms with van der Waals surface area (Å²) >= 11 is 5.69. The number of nitrogens with zero attached hydrogens (tertiary/aromatic N) is 1. The van der Waals surface area contributed by atoms with Crippen molar-refractivity contribution in [1.82, 2.24) is 10.2 Å². The zero-order chi connectivity index (χ0) is 17.6. The van der Waals surface area contributed by atoms with Gasteiger partial charge in [-0.25, -0.2) is 14.0 Å². The summed E-state index contributed by atoms with van der Waals surface area (Å²) in [6.45, 7) is 1.02. The molecule has 1 aromatic carbocycles. The van der Waals surface area contributed by atoms with Crippen LogP contribution >= 0.6 is 11.6 Å². The monoisotopic (exact) mass is 370 g/mol. The van der Waals surface area contributed by atoms with Gasteiger partial charge >= 0.3 is 12.2 Å². The molecule has 3 fully saturated rings. The first kappa shape index (κ1) is 16.3. The average molecular weight is 371 g/mol. The molecule has 4 rings (SSSR count). The maximum atomic E-state index is 13.7. The van der Waals surface area contributed by atoms with Crippen molar-refractivity contribution in [2.24, 2.45) is 0 Å². The van der Waals surface area contributed by atoms with Crippen LogP contribution in [0.3, 0.4) is 0 Å². The minimum Gasteiger partial charge on any atom is -0.487 e. The fraction of sp³-hybridized carbons (Fsp3) is 0.500. The number of cyclic esters (lactones) is 1. The van der Waals surface area contributed by atoms with E-state index in [1.165, 1.54) is 17.0 Å². The maximum Gasteiger partial charge on any atom is 0.410 e. The predicted octanol–water partition coefficient (Wildman–Crippen LogP) is 2.32. The standard InChI is InChI=1S/C16H16ClFN2O5/c17-9-1-2-13(12(18)3-9)24-10-4-11(5-10)25-15(22)20-6-16(7-20)8-23-14(21)19-16/h1-3,10-11H,4-8H2,(H,19,21)/t10-,11+. The highest BCUT2D eigenvalue weighted by molar-refractivity contribution is 6.30. The number of hydrogen-bond acceptors (Lipinski definition) is 5. The molecule has 1 spiro atoms. The Morgan fingerprint density at radius 1 is 1.36 bits per heavy atom. The van der Waals surface area contributed by atoms with Crippen molar-refractivity contribution >= 4 is 23.8 Å². The zero-order valence-corrected chi connectivity index (χ0v) is 13.9. The summed E-state index contributed by atoms with van der Waals surface area (Å²) in [7, 11) is 0. The van der Waals surface area contributed by atoms with Gasteiger partial charge in [0.1, 0.15) is 24.4 Å². The molecular weight excluding hydrogens is 355 g/mol. The first-order valence-corrected chi connectivity index (χ1v) is 8.32. The van der Waals surface area contributed by atoms with Crippen molar-refractivity contribution < 1.29 is 28.2 Å². The Balaban J connectivity index is 1.20. The van der Waals surface area contributed by atoms with Crippen molar-refractivity contribution in [2.75, 3.05) is 19.7 Å². The largest absolute Gasteiger partial charge is 0.487 e.